The van der Waals surface area contributed by atoms with Crippen molar-refractivity contribution in [1.29, 1.82) is 0 Å². The second-order valence-corrected chi connectivity index (χ2v) is 8.85. The minimum absolute atomic E-state index is 0.00407. The molecule has 1 aliphatic heterocycles. The van der Waals surface area contributed by atoms with Crippen molar-refractivity contribution in [3.63, 3.8) is 0 Å². The number of carbonyl (C=O) groups is 2. The summed E-state index contributed by atoms with van der Waals surface area (Å²) in [5.41, 5.74) is -1.09. The number of nitrogens with zero attached hydrogens (tertiary/aromatic N) is 3. The minimum atomic E-state index is -4.52. The molecule has 0 aromatic heterocycles. The van der Waals surface area contributed by atoms with Crippen molar-refractivity contribution in [3.05, 3.63) is 29.8 Å². The summed E-state index contributed by atoms with van der Waals surface area (Å²) in [7, 11) is 0. The number of nitrogens with one attached hydrogen (secondary N) is 1. The molecule has 2 amide bonds. The highest BCUT2D eigenvalue weighted by atomic mass is 19.4. The Balaban J connectivity index is 1.23. The lowest BCUT2D eigenvalue weighted by Crippen LogP contribution is -2.52. The second kappa shape index (κ2) is 9.16. The van der Waals surface area contributed by atoms with Crippen molar-refractivity contribution in [2.24, 2.45) is 5.92 Å². The van der Waals surface area contributed by atoms with Gasteiger partial charge in [-0.25, -0.2) is 0 Å². The first-order valence-electron chi connectivity index (χ1n) is 11.0. The molecule has 4 rings (SSSR count). The molecular weight excluding hydrogens is 409 g/mol. The Bertz CT molecular complexity index is 800. The van der Waals surface area contributed by atoms with E-state index in [4.69, 9.17) is 0 Å². The zero-order chi connectivity index (χ0) is 22.0. The van der Waals surface area contributed by atoms with Crippen LogP contribution >= 0.6 is 0 Å². The number of para-hydroxylation sites is 1. The Morgan fingerprint density at radius 2 is 1.71 bits per heavy atom. The number of anilines is 1. The number of carbonyl (C=O) groups excluding carboxylic acids is 2. The standard InChI is InChI=1S/C22H29F3N4O2/c23-22(24,25)18-3-1-2-4-19(18)26-20(30)14-27-9-11-28(12-10-27)21(31)15-29(17-7-8-17)13-16-5-6-16/h1-4,16-17H,5-15H2,(H,26,30). The summed E-state index contributed by atoms with van der Waals surface area (Å²) >= 11 is 0. The van der Waals surface area contributed by atoms with E-state index >= 15 is 0 Å². The highest BCUT2D eigenvalue weighted by Crippen LogP contribution is 2.35. The van der Waals surface area contributed by atoms with Gasteiger partial charge in [-0.2, -0.15) is 13.2 Å². The third-order valence-corrected chi connectivity index (χ3v) is 6.19. The van der Waals surface area contributed by atoms with Crippen LogP contribution in [-0.4, -0.2) is 78.4 Å². The lowest BCUT2D eigenvalue weighted by Gasteiger charge is -2.35. The topological polar surface area (TPSA) is 55.9 Å². The summed E-state index contributed by atoms with van der Waals surface area (Å²) in [6.45, 7) is 3.63. The van der Waals surface area contributed by atoms with E-state index in [1.54, 1.807) is 0 Å². The predicted octanol–water partition coefficient (Wildman–Crippen LogP) is 2.66. The van der Waals surface area contributed by atoms with Crippen LogP contribution in [-0.2, 0) is 15.8 Å². The average molecular weight is 438 g/mol. The first-order valence-corrected chi connectivity index (χ1v) is 11.0. The minimum Gasteiger partial charge on any atom is -0.339 e. The van der Waals surface area contributed by atoms with Crippen LogP contribution in [0.2, 0.25) is 0 Å². The summed E-state index contributed by atoms with van der Waals surface area (Å²) in [6.07, 6.45) is 0.377. The van der Waals surface area contributed by atoms with Crippen molar-refractivity contribution in [1.82, 2.24) is 14.7 Å². The number of benzene rings is 1. The monoisotopic (exact) mass is 438 g/mol. The lowest BCUT2D eigenvalue weighted by molar-refractivity contribution is -0.137. The molecule has 0 bridgehead atoms. The molecule has 0 atom stereocenters. The van der Waals surface area contributed by atoms with Gasteiger partial charge in [0.15, 0.2) is 0 Å². The van der Waals surface area contributed by atoms with Crippen molar-refractivity contribution in [2.45, 2.75) is 37.9 Å². The van der Waals surface area contributed by atoms with Crippen molar-refractivity contribution < 1.29 is 22.8 Å². The van der Waals surface area contributed by atoms with Crippen LogP contribution in [0.5, 0.6) is 0 Å². The van der Waals surface area contributed by atoms with E-state index in [-0.39, 0.29) is 18.1 Å². The summed E-state index contributed by atoms with van der Waals surface area (Å²) in [5.74, 6) is 0.405. The summed E-state index contributed by atoms with van der Waals surface area (Å²) in [5, 5.41) is 2.38. The van der Waals surface area contributed by atoms with Crippen molar-refractivity contribution in [3.8, 4) is 0 Å². The molecule has 2 saturated carbocycles. The van der Waals surface area contributed by atoms with Crippen LogP contribution in [0.4, 0.5) is 18.9 Å². The maximum absolute atomic E-state index is 13.1. The van der Waals surface area contributed by atoms with Gasteiger partial charge < -0.3 is 10.2 Å². The van der Waals surface area contributed by atoms with Crippen molar-refractivity contribution in [2.75, 3.05) is 51.1 Å². The van der Waals surface area contributed by atoms with E-state index in [0.29, 0.717) is 38.8 Å². The van der Waals surface area contributed by atoms with Crippen LogP contribution in [0, 0.1) is 5.92 Å². The van der Waals surface area contributed by atoms with Gasteiger partial charge in [-0.05, 0) is 43.7 Å². The third-order valence-electron chi connectivity index (χ3n) is 6.19. The molecule has 9 heteroatoms. The third kappa shape index (κ3) is 6.20. The molecule has 2 aliphatic carbocycles. The van der Waals surface area contributed by atoms with Crippen LogP contribution in [0.3, 0.4) is 0 Å². The quantitative estimate of drug-likeness (QED) is 0.678. The number of alkyl halides is 3. The Labute approximate surface area is 180 Å². The molecule has 1 N–H and O–H groups in total. The van der Waals surface area contributed by atoms with Gasteiger partial charge in [0.1, 0.15) is 0 Å². The smallest absolute Gasteiger partial charge is 0.339 e. The fourth-order valence-corrected chi connectivity index (χ4v) is 4.08. The molecule has 1 aromatic carbocycles. The molecule has 0 spiro atoms. The maximum Gasteiger partial charge on any atom is 0.418 e. The average Bonchev–Trinajstić information content (AvgIpc) is 3.61. The van der Waals surface area contributed by atoms with Crippen LogP contribution in [0.1, 0.15) is 31.2 Å². The SMILES string of the molecule is O=C(CN1CCN(C(=O)CN(CC2CC2)C2CC2)CC1)Nc1ccccc1C(F)(F)F. The largest absolute Gasteiger partial charge is 0.418 e. The summed E-state index contributed by atoms with van der Waals surface area (Å²) < 4.78 is 39.3. The van der Waals surface area contributed by atoms with Gasteiger partial charge in [0.2, 0.25) is 11.8 Å². The molecule has 6 nitrogen and oxygen atoms in total. The van der Waals surface area contributed by atoms with Crippen LogP contribution in [0.25, 0.3) is 0 Å². The zero-order valence-corrected chi connectivity index (χ0v) is 17.5. The summed E-state index contributed by atoms with van der Waals surface area (Å²) in [6, 6.07) is 5.53. The molecular formula is C22H29F3N4O2. The van der Waals surface area contributed by atoms with Gasteiger partial charge >= 0.3 is 6.18 Å². The van der Waals surface area contributed by atoms with Crippen molar-refractivity contribution >= 4 is 17.5 Å². The molecule has 1 aromatic rings. The molecule has 1 saturated heterocycles. The molecule has 3 aliphatic rings. The van der Waals surface area contributed by atoms with Gasteiger partial charge in [0, 0.05) is 38.8 Å². The van der Waals surface area contributed by atoms with E-state index in [1.807, 2.05) is 9.80 Å². The highest BCUT2D eigenvalue weighted by molar-refractivity contribution is 5.93. The van der Waals surface area contributed by atoms with Gasteiger partial charge in [0.05, 0.1) is 24.3 Å². The molecule has 31 heavy (non-hydrogen) atoms. The van der Waals surface area contributed by atoms with Crippen LogP contribution in [0.15, 0.2) is 24.3 Å². The number of halogens is 3. The van der Waals surface area contributed by atoms with Gasteiger partial charge in [-0.15, -0.1) is 0 Å². The van der Waals surface area contributed by atoms with Gasteiger partial charge in [0.25, 0.3) is 0 Å². The molecule has 0 radical (unpaired) electrons. The Kier molecular flexibility index (Phi) is 6.52. The zero-order valence-electron chi connectivity index (χ0n) is 17.5. The normalized spacial score (nSPS) is 20.2. The Hall–Kier alpha value is -2.13. The molecule has 1 heterocycles. The first-order chi connectivity index (χ1) is 14.8. The van der Waals surface area contributed by atoms with E-state index in [9.17, 15) is 22.8 Å². The Morgan fingerprint density at radius 3 is 2.32 bits per heavy atom. The molecule has 0 unspecified atom stereocenters. The molecule has 3 fully saturated rings. The fraction of sp³-hybridized carbons (Fsp3) is 0.636. The number of rotatable bonds is 8. The number of hydrogen-bond acceptors (Lipinski definition) is 4. The predicted molar refractivity (Wildman–Crippen MR) is 110 cm³/mol. The second-order valence-electron chi connectivity index (χ2n) is 8.85. The van der Waals surface area contributed by atoms with E-state index in [2.05, 4.69) is 10.2 Å². The van der Waals surface area contributed by atoms with E-state index < -0.39 is 17.6 Å². The van der Waals surface area contributed by atoms with Gasteiger partial charge in [-0.1, -0.05) is 12.1 Å². The number of hydrogen-bond donors (Lipinski definition) is 1. The molecule has 170 valence electrons. The first kappa shape index (κ1) is 22.1. The fourth-order valence-electron chi connectivity index (χ4n) is 4.08. The Morgan fingerprint density at radius 1 is 1.03 bits per heavy atom. The number of amides is 2. The summed E-state index contributed by atoms with van der Waals surface area (Å²) in [4.78, 5) is 31.1. The number of piperazine rings is 1. The lowest BCUT2D eigenvalue weighted by atomic mass is 10.1. The van der Waals surface area contributed by atoms with Crippen LogP contribution < -0.4 is 5.32 Å². The highest BCUT2D eigenvalue weighted by Gasteiger charge is 2.36. The van der Waals surface area contributed by atoms with E-state index in [0.717, 1.165) is 18.5 Å². The maximum atomic E-state index is 13.1. The van der Waals surface area contributed by atoms with E-state index in [1.165, 1.54) is 43.9 Å². The van der Waals surface area contributed by atoms with Gasteiger partial charge in [-0.3, -0.25) is 19.4 Å².